The second-order valence-electron chi connectivity index (χ2n) is 5.77. The van der Waals surface area contributed by atoms with Gasteiger partial charge in [-0.25, -0.2) is 4.98 Å². The number of halogens is 1. The first-order valence-electron chi connectivity index (χ1n) is 7.37. The number of fused-ring (bicyclic) bond motifs is 1. The number of hydrogen-bond acceptors (Lipinski definition) is 3. The molecule has 1 aromatic heterocycles. The van der Waals surface area contributed by atoms with Gasteiger partial charge in [-0.1, -0.05) is 0 Å². The summed E-state index contributed by atoms with van der Waals surface area (Å²) >= 11 is 5.98. The first-order chi connectivity index (χ1) is 10.2. The van der Waals surface area contributed by atoms with E-state index in [-0.39, 0.29) is 5.54 Å². The number of benzene rings is 1. The van der Waals surface area contributed by atoms with Crippen LogP contribution in [0.15, 0.2) is 18.2 Å². The fourth-order valence-electron chi connectivity index (χ4n) is 3.12. The molecule has 0 aliphatic carbocycles. The Morgan fingerprint density at radius 2 is 2.14 bits per heavy atom. The third-order valence-electron chi connectivity index (χ3n) is 4.36. The van der Waals surface area contributed by atoms with Gasteiger partial charge >= 0.3 is 0 Å². The molecule has 2 heterocycles. The van der Waals surface area contributed by atoms with Gasteiger partial charge in [0.1, 0.15) is 11.6 Å². The zero-order valence-corrected chi connectivity index (χ0v) is 13.3. The minimum absolute atomic E-state index is 0.0285. The molecule has 0 radical (unpaired) electrons. The minimum Gasteiger partial charge on any atom is -0.497 e. The van der Waals surface area contributed by atoms with Crippen LogP contribution in [0.2, 0.25) is 0 Å². The quantitative estimate of drug-likeness (QED) is 0.813. The number of nitrogens with zero attached hydrogens (tertiary/aromatic N) is 2. The van der Waals surface area contributed by atoms with Gasteiger partial charge in [0.15, 0.2) is 0 Å². The van der Waals surface area contributed by atoms with E-state index in [4.69, 9.17) is 26.1 Å². The van der Waals surface area contributed by atoms with Crippen LogP contribution in [0.5, 0.6) is 5.75 Å². The van der Waals surface area contributed by atoms with Crippen molar-refractivity contribution in [3.05, 3.63) is 24.0 Å². The van der Waals surface area contributed by atoms with Crippen molar-refractivity contribution in [1.29, 1.82) is 0 Å². The molecule has 0 amide bonds. The van der Waals surface area contributed by atoms with Crippen molar-refractivity contribution in [3.8, 4) is 5.75 Å². The number of alkyl halides is 1. The highest BCUT2D eigenvalue weighted by atomic mass is 35.5. The molecule has 4 nitrogen and oxygen atoms in total. The summed E-state index contributed by atoms with van der Waals surface area (Å²) in [6.45, 7) is 3.87. The van der Waals surface area contributed by atoms with Crippen molar-refractivity contribution in [2.75, 3.05) is 26.2 Å². The summed E-state index contributed by atoms with van der Waals surface area (Å²) in [6.07, 6.45) is 2.75. The van der Waals surface area contributed by atoms with E-state index in [0.29, 0.717) is 5.88 Å². The van der Waals surface area contributed by atoms with Crippen molar-refractivity contribution in [2.45, 2.75) is 31.7 Å². The molecule has 0 spiro atoms. The molecule has 1 aliphatic heterocycles. The molecule has 0 saturated carbocycles. The number of ether oxygens (including phenoxy) is 2. The summed E-state index contributed by atoms with van der Waals surface area (Å²) in [6, 6.07) is 6.04. The Labute approximate surface area is 130 Å². The Hall–Kier alpha value is -1.26. The maximum atomic E-state index is 5.98. The molecule has 0 unspecified atom stereocenters. The number of aryl methyl sites for hydroxylation is 1. The van der Waals surface area contributed by atoms with Crippen LogP contribution in [-0.4, -0.2) is 35.8 Å². The SMILES string of the molecule is COc1ccc2nc(CCCl)n(C3(C)CCOCC3)c2c1. The fraction of sp³-hybridized carbons (Fsp3) is 0.562. The van der Waals surface area contributed by atoms with Crippen LogP contribution in [0.25, 0.3) is 11.0 Å². The number of hydrogen-bond donors (Lipinski definition) is 0. The van der Waals surface area contributed by atoms with E-state index < -0.39 is 0 Å². The van der Waals surface area contributed by atoms with Crippen molar-refractivity contribution in [1.82, 2.24) is 9.55 Å². The van der Waals surface area contributed by atoms with Crippen LogP contribution in [0, 0.1) is 0 Å². The van der Waals surface area contributed by atoms with E-state index in [0.717, 1.165) is 55.1 Å². The van der Waals surface area contributed by atoms with E-state index in [1.54, 1.807) is 7.11 Å². The molecule has 1 saturated heterocycles. The summed E-state index contributed by atoms with van der Waals surface area (Å²) in [5.41, 5.74) is 2.16. The molecule has 0 bridgehead atoms. The molecule has 0 N–H and O–H groups in total. The van der Waals surface area contributed by atoms with Gasteiger partial charge in [0.05, 0.1) is 18.1 Å². The minimum atomic E-state index is 0.0285. The highest BCUT2D eigenvalue weighted by molar-refractivity contribution is 6.17. The maximum absolute atomic E-state index is 5.98. The standard InChI is InChI=1S/C16H21ClN2O2/c1-16(6-9-21-10-7-16)19-14-11-12(20-2)3-4-13(14)18-15(19)5-8-17/h3-4,11H,5-10H2,1-2H3. The molecule has 3 rings (SSSR count). The third-order valence-corrected chi connectivity index (χ3v) is 4.55. The topological polar surface area (TPSA) is 36.3 Å². The van der Waals surface area contributed by atoms with Crippen molar-refractivity contribution >= 4 is 22.6 Å². The van der Waals surface area contributed by atoms with E-state index in [2.05, 4.69) is 17.6 Å². The summed E-state index contributed by atoms with van der Waals surface area (Å²) < 4.78 is 13.3. The summed E-state index contributed by atoms with van der Waals surface area (Å²) in [7, 11) is 1.69. The lowest BCUT2D eigenvalue weighted by Gasteiger charge is -2.36. The Morgan fingerprint density at radius 1 is 1.38 bits per heavy atom. The predicted octanol–water partition coefficient (Wildman–Crippen LogP) is 3.35. The second-order valence-corrected chi connectivity index (χ2v) is 6.14. The van der Waals surface area contributed by atoms with Crippen molar-refractivity contribution in [2.24, 2.45) is 0 Å². The van der Waals surface area contributed by atoms with Crippen LogP contribution >= 0.6 is 11.6 Å². The van der Waals surface area contributed by atoms with E-state index >= 15 is 0 Å². The fourth-order valence-corrected chi connectivity index (χ4v) is 3.29. The normalized spacial score (nSPS) is 18.0. The first kappa shape index (κ1) is 14.7. The number of aromatic nitrogens is 2. The van der Waals surface area contributed by atoms with E-state index in [1.165, 1.54) is 0 Å². The molecule has 1 aromatic carbocycles. The lowest BCUT2D eigenvalue weighted by molar-refractivity contribution is 0.0301. The molecule has 1 fully saturated rings. The summed E-state index contributed by atoms with van der Waals surface area (Å²) in [5.74, 6) is 2.49. The van der Waals surface area contributed by atoms with Gasteiger partial charge in [0.2, 0.25) is 0 Å². The van der Waals surface area contributed by atoms with Gasteiger partial charge in [0.25, 0.3) is 0 Å². The number of imidazole rings is 1. The van der Waals surface area contributed by atoms with Gasteiger partial charge < -0.3 is 14.0 Å². The maximum Gasteiger partial charge on any atom is 0.121 e. The lowest BCUT2D eigenvalue weighted by atomic mass is 9.91. The van der Waals surface area contributed by atoms with Crippen molar-refractivity contribution in [3.63, 3.8) is 0 Å². The lowest BCUT2D eigenvalue weighted by Crippen LogP contribution is -2.37. The molecular formula is C16H21ClN2O2. The monoisotopic (exact) mass is 308 g/mol. The zero-order chi connectivity index (χ0) is 14.9. The van der Waals surface area contributed by atoms with Crippen LogP contribution < -0.4 is 4.74 Å². The molecule has 0 atom stereocenters. The van der Waals surface area contributed by atoms with Crippen LogP contribution in [0.1, 0.15) is 25.6 Å². The molecular weight excluding hydrogens is 288 g/mol. The predicted molar refractivity (Wildman–Crippen MR) is 84.4 cm³/mol. The van der Waals surface area contributed by atoms with Gasteiger partial charge in [0, 0.05) is 37.1 Å². The van der Waals surface area contributed by atoms with Crippen LogP contribution in [-0.2, 0) is 16.7 Å². The zero-order valence-electron chi connectivity index (χ0n) is 12.6. The average Bonchev–Trinajstić information content (AvgIpc) is 2.86. The molecule has 114 valence electrons. The van der Waals surface area contributed by atoms with Gasteiger partial charge in [-0.05, 0) is 31.9 Å². The Bertz CT molecular complexity index is 632. The smallest absolute Gasteiger partial charge is 0.121 e. The Balaban J connectivity index is 2.18. The molecule has 5 heteroatoms. The van der Waals surface area contributed by atoms with E-state index in [9.17, 15) is 0 Å². The van der Waals surface area contributed by atoms with Gasteiger partial charge in [-0.15, -0.1) is 11.6 Å². The third kappa shape index (κ3) is 2.62. The summed E-state index contributed by atoms with van der Waals surface area (Å²) in [4.78, 5) is 4.78. The van der Waals surface area contributed by atoms with Gasteiger partial charge in [-0.3, -0.25) is 0 Å². The highest BCUT2D eigenvalue weighted by Gasteiger charge is 2.32. The number of rotatable bonds is 4. The number of methoxy groups -OCH3 is 1. The average molecular weight is 309 g/mol. The van der Waals surface area contributed by atoms with E-state index in [1.807, 2.05) is 12.1 Å². The van der Waals surface area contributed by atoms with Crippen LogP contribution in [0.3, 0.4) is 0 Å². The molecule has 1 aliphatic rings. The molecule has 21 heavy (non-hydrogen) atoms. The highest BCUT2D eigenvalue weighted by Crippen LogP contribution is 2.35. The van der Waals surface area contributed by atoms with Crippen LogP contribution in [0.4, 0.5) is 0 Å². The van der Waals surface area contributed by atoms with Gasteiger partial charge in [-0.2, -0.15) is 0 Å². The largest absolute Gasteiger partial charge is 0.497 e. The second kappa shape index (κ2) is 5.85. The van der Waals surface area contributed by atoms with Crippen molar-refractivity contribution < 1.29 is 9.47 Å². The molecule has 2 aromatic rings. The first-order valence-corrected chi connectivity index (χ1v) is 7.91. The summed E-state index contributed by atoms with van der Waals surface area (Å²) in [5, 5.41) is 0. The Kier molecular flexibility index (Phi) is 4.09. The Morgan fingerprint density at radius 3 is 2.81 bits per heavy atom.